The van der Waals surface area contributed by atoms with Gasteiger partial charge in [0.1, 0.15) is 11.5 Å². The highest BCUT2D eigenvalue weighted by Crippen LogP contribution is 2.16. The molecule has 1 amide bonds. The van der Waals surface area contributed by atoms with Gasteiger partial charge >= 0.3 is 0 Å². The molecule has 17 heavy (non-hydrogen) atoms. The van der Waals surface area contributed by atoms with Crippen LogP contribution in [0.1, 0.15) is 10.5 Å². The second-order valence-electron chi connectivity index (χ2n) is 3.27. The van der Waals surface area contributed by atoms with Crippen molar-refractivity contribution in [1.29, 1.82) is 0 Å². The summed E-state index contributed by atoms with van der Waals surface area (Å²) in [5.74, 6) is 4.13. The number of aromatic nitrogens is 2. The van der Waals surface area contributed by atoms with Crippen molar-refractivity contribution >= 4 is 5.91 Å². The lowest BCUT2D eigenvalue weighted by Gasteiger charge is -2.02. The SMILES string of the molecule is NNC(=O)c1cncc(-c2ccc(F)cc2)n1. The molecule has 0 atom stereocenters. The molecule has 2 rings (SSSR count). The van der Waals surface area contributed by atoms with Gasteiger partial charge in [-0.15, -0.1) is 0 Å². The van der Waals surface area contributed by atoms with Gasteiger partial charge in [0.15, 0.2) is 0 Å². The predicted molar refractivity (Wildman–Crippen MR) is 59.1 cm³/mol. The van der Waals surface area contributed by atoms with Crippen LogP contribution in [0.3, 0.4) is 0 Å². The third kappa shape index (κ3) is 2.43. The summed E-state index contributed by atoms with van der Waals surface area (Å²) >= 11 is 0. The van der Waals surface area contributed by atoms with Crippen molar-refractivity contribution in [3.8, 4) is 11.3 Å². The van der Waals surface area contributed by atoms with Gasteiger partial charge in [-0.1, -0.05) is 0 Å². The lowest BCUT2D eigenvalue weighted by Crippen LogP contribution is -2.30. The number of nitrogens with two attached hydrogens (primary N) is 1. The number of nitrogens with one attached hydrogen (secondary N) is 1. The van der Waals surface area contributed by atoms with E-state index in [9.17, 15) is 9.18 Å². The first-order valence-corrected chi connectivity index (χ1v) is 4.79. The Bertz CT molecular complexity index is 541. The van der Waals surface area contributed by atoms with Gasteiger partial charge in [-0.3, -0.25) is 15.2 Å². The number of halogens is 1. The first kappa shape index (κ1) is 11.2. The first-order valence-electron chi connectivity index (χ1n) is 4.79. The summed E-state index contributed by atoms with van der Waals surface area (Å²) in [6.07, 6.45) is 2.79. The molecule has 0 aliphatic heterocycles. The summed E-state index contributed by atoms with van der Waals surface area (Å²) in [6, 6.07) is 5.74. The quantitative estimate of drug-likeness (QED) is 0.457. The Kier molecular flexibility index (Phi) is 3.06. The van der Waals surface area contributed by atoms with Crippen molar-refractivity contribution in [1.82, 2.24) is 15.4 Å². The van der Waals surface area contributed by atoms with E-state index in [1.165, 1.54) is 24.5 Å². The molecule has 1 aromatic carbocycles. The van der Waals surface area contributed by atoms with E-state index in [0.29, 0.717) is 11.3 Å². The third-order valence-electron chi connectivity index (χ3n) is 2.14. The van der Waals surface area contributed by atoms with Gasteiger partial charge in [-0.05, 0) is 24.3 Å². The Hall–Kier alpha value is -2.34. The maximum absolute atomic E-state index is 12.7. The van der Waals surface area contributed by atoms with Crippen LogP contribution < -0.4 is 11.3 Å². The van der Waals surface area contributed by atoms with Gasteiger partial charge in [-0.2, -0.15) is 0 Å². The van der Waals surface area contributed by atoms with Crippen molar-refractivity contribution in [2.45, 2.75) is 0 Å². The fourth-order valence-corrected chi connectivity index (χ4v) is 1.31. The number of rotatable bonds is 2. The van der Waals surface area contributed by atoms with Gasteiger partial charge in [0, 0.05) is 5.56 Å². The Morgan fingerprint density at radius 3 is 2.59 bits per heavy atom. The summed E-state index contributed by atoms with van der Waals surface area (Å²) in [5.41, 5.74) is 3.22. The maximum atomic E-state index is 12.7. The molecule has 0 spiro atoms. The normalized spacial score (nSPS) is 10.0. The lowest BCUT2D eigenvalue weighted by molar-refractivity contribution is 0.0948. The van der Waals surface area contributed by atoms with Gasteiger partial charge in [-0.25, -0.2) is 15.2 Å². The van der Waals surface area contributed by atoms with E-state index in [1.807, 2.05) is 5.43 Å². The van der Waals surface area contributed by atoms with Crippen LogP contribution in [-0.4, -0.2) is 15.9 Å². The number of hydrogen-bond donors (Lipinski definition) is 2. The van der Waals surface area contributed by atoms with Crippen LogP contribution >= 0.6 is 0 Å². The van der Waals surface area contributed by atoms with Gasteiger partial charge in [0.2, 0.25) is 0 Å². The zero-order valence-corrected chi connectivity index (χ0v) is 8.72. The standard InChI is InChI=1S/C11H9FN4O/c12-8-3-1-7(2-4-8)9-5-14-6-10(15-9)11(17)16-13/h1-6H,13H2,(H,16,17). The summed E-state index contributed by atoms with van der Waals surface area (Å²) in [7, 11) is 0. The average Bonchev–Trinajstić information content (AvgIpc) is 2.39. The van der Waals surface area contributed by atoms with Gasteiger partial charge in [0.25, 0.3) is 5.91 Å². The fraction of sp³-hybridized carbons (Fsp3) is 0. The van der Waals surface area contributed by atoms with Crippen LogP contribution in [0, 0.1) is 5.82 Å². The molecule has 3 N–H and O–H groups in total. The second-order valence-corrected chi connectivity index (χ2v) is 3.27. The van der Waals surface area contributed by atoms with Crippen molar-refractivity contribution < 1.29 is 9.18 Å². The van der Waals surface area contributed by atoms with Crippen molar-refractivity contribution in [3.05, 3.63) is 48.2 Å². The molecule has 0 aliphatic rings. The summed E-state index contributed by atoms with van der Waals surface area (Å²) in [5, 5.41) is 0. The van der Waals surface area contributed by atoms with E-state index in [4.69, 9.17) is 5.84 Å². The zero-order chi connectivity index (χ0) is 12.3. The molecule has 1 aromatic heterocycles. The molecule has 6 heteroatoms. The molecule has 0 saturated heterocycles. The minimum absolute atomic E-state index is 0.106. The van der Waals surface area contributed by atoms with Crippen LogP contribution in [0.5, 0.6) is 0 Å². The number of hydrazine groups is 1. The largest absolute Gasteiger partial charge is 0.289 e. The van der Waals surface area contributed by atoms with E-state index in [0.717, 1.165) is 0 Å². The topological polar surface area (TPSA) is 80.9 Å². The highest BCUT2D eigenvalue weighted by molar-refractivity contribution is 5.91. The molecule has 1 heterocycles. The van der Waals surface area contributed by atoms with E-state index in [-0.39, 0.29) is 11.5 Å². The highest BCUT2D eigenvalue weighted by Gasteiger charge is 2.08. The van der Waals surface area contributed by atoms with Gasteiger partial charge in [0.05, 0.1) is 18.1 Å². The zero-order valence-electron chi connectivity index (χ0n) is 8.72. The number of carbonyl (C=O) groups is 1. The second kappa shape index (κ2) is 4.67. The van der Waals surface area contributed by atoms with Crippen LogP contribution in [-0.2, 0) is 0 Å². The Morgan fingerprint density at radius 1 is 1.24 bits per heavy atom. The number of benzene rings is 1. The molecule has 0 unspecified atom stereocenters. The molecule has 0 fully saturated rings. The van der Waals surface area contributed by atoms with E-state index in [2.05, 4.69) is 9.97 Å². The molecule has 0 saturated carbocycles. The smallest absolute Gasteiger partial charge is 0.285 e. The van der Waals surface area contributed by atoms with Crippen molar-refractivity contribution in [2.24, 2.45) is 5.84 Å². The molecule has 0 radical (unpaired) electrons. The number of nitrogen functional groups attached to an aromatic ring is 1. The molecule has 0 aliphatic carbocycles. The van der Waals surface area contributed by atoms with Gasteiger partial charge < -0.3 is 0 Å². The summed E-state index contributed by atoms with van der Waals surface area (Å²) < 4.78 is 12.7. The van der Waals surface area contributed by atoms with E-state index >= 15 is 0 Å². The monoisotopic (exact) mass is 232 g/mol. The minimum atomic E-state index is -0.526. The number of carbonyl (C=O) groups excluding carboxylic acids is 1. The van der Waals surface area contributed by atoms with E-state index in [1.54, 1.807) is 12.1 Å². The van der Waals surface area contributed by atoms with Crippen LogP contribution in [0.15, 0.2) is 36.7 Å². The highest BCUT2D eigenvalue weighted by atomic mass is 19.1. The molecular formula is C11H9FN4O. The predicted octanol–water partition coefficient (Wildman–Crippen LogP) is 0.886. The molecule has 0 bridgehead atoms. The third-order valence-corrected chi connectivity index (χ3v) is 2.14. The van der Waals surface area contributed by atoms with E-state index < -0.39 is 5.91 Å². The average molecular weight is 232 g/mol. The Balaban J connectivity index is 2.39. The fourth-order valence-electron chi connectivity index (χ4n) is 1.31. The number of nitrogens with zero attached hydrogens (tertiary/aromatic N) is 2. The lowest BCUT2D eigenvalue weighted by atomic mass is 10.1. The van der Waals surface area contributed by atoms with Crippen LogP contribution in [0.4, 0.5) is 4.39 Å². The molecular weight excluding hydrogens is 223 g/mol. The Morgan fingerprint density at radius 2 is 1.94 bits per heavy atom. The first-order chi connectivity index (χ1) is 8.20. The van der Waals surface area contributed by atoms with Crippen LogP contribution in [0.2, 0.25) is 0 Å². The minimum Gasteiger partial charge on any atom is -0.289 e. The molecule has 5 nitrogen and oxygen atoms in total. The number of hydrogen-bond acceptors (Lipinski definition) is 4. The molecule has 86 valence electrons. The number of amides is 1. The maximum Gasteiger partial charge on any atom is 0.285 e. The van der Waals surface area contributed by atoms with Crippen molar-refractivity contribution in [3.63, 3.8) is 0 Å². The van der Waals surface area contributed by atoms with Crippen molar-refractivity contribution in [2.75, 3.05) is 0 Å². The summed E-state index contributed by atoms with van der Waals surface area (Å²) in [4.78, 5) is 19.2. The summed E-state index contributed by atoms with van der Waals surface area (Å²) in [6.45, 7) is 0. The Labute approximate surface area is 96.5 Å². The van der Waals surface area contributed by atoms with Crippen LogP contribution in [0.25, 0.3) is 11.3 Å². The molecule has 2 aromatic rings.